The van der Waals surface area contributed by atoms with Crippen molar-refractivity contribution >= 4 is 21.4 Å². The molecule has 0 amide bonds. The van der Waals surface area contributed by atoms with Gasteiger partial charge in [-0.25, -0.2) is 8.42 Å². The lowest BCUT2D eigenvalue weighted by Gasteiger charge is -2.35. The van der Waals surface area contributed by atoms with Crippen LogP contribution < -0.4 is 5.73 Å². The molecule has 3 rings (SSSR count). The maximum absolute atomic E-state index is 12.9. The standard InChI is InChI=1S/C15H18N2O2S2/c1-11-6-7-15(20-11)21(18,19)17-9-8-12-4-2-3-5-13(12)14(17)10-16/h2-7,14H,8-10,16H2,1H3. The van der Waals surface area contributed by atoms with Crippen LogP contribution in [0.1, 0.15) is 22.0 Å². The lowest BCUT2D eigenvalue weighted by molar-refractivity contribution is 0.314. The highest BCUT2D eigenvalue weighted by atomic mass is 32.2. The van der Waals surface area contributed by atoms with Gasteiger partial charge in [0.25, 0.3) is 10.0 Å². The molecular weight excluding hydrogens is 304 g/mol. The van der Waals surface area contributed by atoms with Gasteiger partial charge in [-0.3, -0.25) is 0 Å². The Kier molecular flexibility index (Phi) is 3.88. The van der Waals surface area contributed by atoms with Gasteiger partial charge >= 0.3 is 0 Å². The van der Waals surface area contributed by atoms with Crippen LogP contribution in [0.3, 0.4) is 0 Å². The van der Waals surface area contributed by atoms with Crippen molar-refractivity contribution in [2.75, 3.05) is 13.1 Å². The van der Waals surface area contributed by atoms with Gasteiger partial charge in [0.05, 0.1) is 6.04 Å². The molecule has 0 saturated carbocycles. The molecule has 0 spiro atoms. The zero-order valence-electron chi connectivity index (χ0n) is 11.8. The van der Waals surface area contributed by atoms with Gasteiger partial charge in [0.1, 0.15) is 4.21 Å². The van der Waals surface area contributed by atoms with E-state index in [1.165, 1.54) is 16.9 Å². The monoisotopic (exact) mass is 322 g/mol. The summed E-state index contributed by atoms with van der Waals surface area (Å²) in [6.07, 6.45) is 0.732. The minimum atomic E-state index is -3.47. The van der Waals surface area contributed by atoms with Crippen LogP contribution in [0.5, 0.6) is 0 Å². The molecule has 1 aliphatic rings. The van der Waals surface area contributed by atoms with Crippen molar-refractivity contribution in [3.05, 3.63) is 52.4 Å². The molecule has 4 nitrogen and oxygen atoms in total. The lowest BCUT2D eigenvalue weighted by atomic mass is 9.94. The number of nitrogens with zero attached hydrogens (tertiary/aromatic N) is 1. The Morgan fingerprint density at radius 2 is 2.05 bits per heavy atom. The first-order chi connectivity index (χ1) is 10.0. The number of aryl methyl sites for hydroxylation is 1. The van der Waals surface area contributed by atoms with Crippen LogP contribution in [0.4, 0.5) is 0 Å². The van der Waals surface area contributed by atoms with Gasteiger partial charge in [-0.1, -0.05) is 24.3 Å². The first kappa shape index (κ1) is 14.7. The number of nitrogens with two attached hydrogens (primary N) is 1. The summed E-state index contributed by atoms with van der Waals surface area (Å²) in [6.45, 7) is 2.69. The molecule has 1 atom stereocenters. The number of sulfonamides is 1. The number of fused-ring (bicyclic) bond motifs is 1. The quantitative estimate of drug-likeness (QED) is 0.943. The van der Waals surface area contributed by atoms with Gasteiger partial charge in [-0.15, -0.1) is 11.3 Å². The van der Waals surface area contributed by atoms with Crippen molar-refractivity contribution in [2.24, 2.45) is 5.73 Å². The average Bonchev–Trinajstić information content (AvgIpc) is 2.93. The summed E-state index contributed by atoms with van der Waals surface area (Å²) in [7, 11) is -3.47. The van der Waals surface area contributed by atoms with Gasteiger partial charge in [0.15, 0.2) is 0 Å². The van der Waals surface area contributed by atoms with Gasteiger partial charge in [0, 0.05) is 18.0 Å². The predicted molar refractivity (Wildman–Crippen MR) is 84.9 cm³/mol. The summed E-state index contributed by atoms with van der Waals surface area (Å²) in [6, 6.07) is 11.2. The van der Waals surface area contributed by atoms with E-state index >= 15 is 0 Å². The summed E-state index contributed by atoms with van der Waals surface area (Å²) in [5.41, 5.74) is 8.11. The Labute approximate surface area is 129 Å². The van der Waals surface area contributed by atoms with Crippen LogP contribution in [0.15, 0.2) is 40.6 Å². The van der Waals surface area contributed by atoms with E-state index in [2.05, 4.69) is 6.07 Å². The second kappa shape index (κ2) is 5.53. The Hall–Kier alpha value is -1.21. The largest absolute Gasteiger partial charge is 0.329 e. The SMILES string of the molecule is Cc1ccc(S(=O)(=O)N2CCc3ccccc3C2CN)s1. The number of rotatable bonds is 3. The Balaban J connectivity index is 2.03. The van der Waals surface area contributed by atoms with Crippen molar-refractivity contribution < 1.29 is 8.42 Å². The zero-order valence-corrected chi connectivity index (χ0v) is 13.5. The second-order valence-corrected chi connectivity index (χ2v) is 8.59. The highest BCUT2D eigenvalue weighted by Crippen LogP contribution is 2.35. The molecule has 112 valence electrons. The normalized spacial score (nSPS) is 19.4. The molecule has 2 N–H and O–H groups in total. The maximum atomic E-state index is 12.9. The molecule has 6 heteroatoms. The van der Waals surface area contributed by atoms with E-state index in [4.69, 9.17) is 5.73 Å². The minimum absolute atomic E-state index is 0.276. The average molecular weight is 322 g/mol. The molecule has 2 heterocycles. The smallest absolute Gasteiger partial charge is 0.253 e. The lowest BCUT2D eigenvalue weighted by Crippen LogP contribution is -2.42. The molecular formula is C15H18N2O2S2. The third kappa shape index (κ3) is 2.53. The highest BCUT2D eigenvalue weighted by Gasteiger charge is 2.36. The second-order valence-electron chi connectivity index (χ2n) is 5.18. The molecule has 21 heavy (non-hydrogen) atoms. The molecule has 0 saturated heterocycles. The molecule has 1 aromatic carbocycles. The summed E-state index contributed by atoms with van der Waals surface area (Å²) in [4.78, 5) is 0.996. The maximum Gasteiger partial charge on any atom is 0.253 e. The van der Waals surface area contributed by atoms with E-state index in [0.29, 0.717) is 17.3 Å². The van der Waals surface area contributed by atoms with Crippen molar-refractivity contribution in [3.8, 4) is 0 Å². The molecule has 0 fully saturated rings. The summed E-state index contributed by atoms with van der Waals surface area (Å²) in [5.74, 6) is 0. The third-order valence-electron chi connectivity index (χ3n) is 3.87. The van der Waals surface area contributed by atoms with Gasteiger partial charge in [-0.05, 0) is 36.6 Å². The van der Waals surface area contributed by atoms with E-state index in [1.54, 1.807) is 10.4 Å². The van der Waals surface area contributed by atoms with Crippen LogP contribution >= 0.6 is 11.3 Å². The van der Waals surface area contributed by atoms with Crippen molar-refractivity contribution in [3.63, 3.8) is 0 Å². The molecule has 1 unspecified atom stereocenters. The molecule has 1 aliphatic heterocycles. The molecule has 0 aliphatic carbocycles. The Morgan fingerprint density at radius 1 is 1.29 bits per heavy atom. The number of hydrogen-bond donors (Lipinski definition) is 1. The van der Waals surface area contributed by atoms with Crippen molar-refractivity contribution in [2.45, 2.75) is 23.6 Å². The van der Waals surface area contributed by atoms with Gasteiger partial charge in [-0.2, -0.15) is 4.31 Å². The first-order valence-electron chi connectivity index (χ1n) is 6.90. The predicted octanol–water partition coefficient (Wildman–Crippen LogP) is 2.30. The van der Waals surface area contributed by atoms with Crippen LogP contribution in [-0.4, -0.2) is 25.8 Å². The van der Waals surface area contributed by atoms with Crippen LogP contribution in [0.2, 0.25) is 0 Å². The van der Waals surface area contributed by atoms with Crippen molar-refractivity contribution in [1.82, 2.24) is 4.31 Å². The summed E-state index contributed by atoms with van der Waals surface area (Å²) < 4.78 is 27.7. The van der Waals surface area contributed by atoms with Gasteiger partial charge in [0.2, 0.25) is 0 Å². The molecule has 0 radical (unpaired) electrons. The first-order valence-corrected chi connectivity index (χ1v) is 9.16. The molecule has 1 aromatic heterocycles. The fraction of sp³-hybridized carbons (Fsp3) is 0.333. The fourth-order valence-electron chi connectivity index (χ4n) is 2.83. The van der Waals surface area contributed by atoms with Crippen molar-refractivity contribution in [1.29, 1.82) is 0 Å². The van der Waals surface area contributed by atoms with E-state index < -0.39 is 10.0 Å². The van der Waals surface area contributed by atoms with Gasteiger partial charge < -0.3 is 5.73 Å². The number of thiophene rings is 1. The van der Waals surface area contributed by atoms with E-state index in [-0.39, 0.29) is 6.04 Å². The Bertz CT molecular complexity index is 753. The topological polar surface area (TPSA) is 63.4 Å². The fourth-order valence-corrected chi connectivity index (χ4v) is 5.86. The van der Waals surface area contributed by atoms with E-state index in [0.717, 1.165) is 16.9 Å². The van der Waals surface area contributed by atoms with Crippen LogP contribution in [-0.2, 0) is 16.4 Å². The molecule has 2 aromatic rings. The Morgan fingerprint density at radius 3 is 2.71 bits per heavy atom. The zero-order chi connectivity index (χ0) is 15.0. The minimum Gasteiger partial charge on any atom is -0.329 e. The highest BCUT2D eigenvalue weighted by molar-refractivity contribution is 7.91. The molecule has 0 bridgehead atoms. The third-order valence-corrected chi connectivity index (χ3v) is 7.24. The summed E-state index contributed by atoms with van der Waals surface area (Å²) in [5, 5.41) is 0. The number of benzene rings is 1. The van der Waals surface area contributed by atoms with E-state index in [1.807, 2.05) is 31.2 Å². The summed E-state index contributed by atoms with van der Waals surface area (Å²) >= 11 is 1.31. The van der Waals surface area contributed by atoms with E-state index in [9.17, 15) is 8.42 Å². The van der Waals surface area contributed by atoms with Crippen LogP contribution in [0.25, 0.3) is 0 Å². The number of hydrogen-bond acceptors (Lipinski definition) is 4. The van der Waals surface area contributed by atoms with Crippen LogP contribution in [0, 0.1) is 6.92 Å².